The summed E-state index contributed by atoms with van der Waals surface area (Å²) in [7, 11) is 0. The lowest BCUT2D eigenvalue weighted by atomic mass is 10.1. The highest BCUT2D eigenvalue weighted by atomic mass is 79.9. The van der Waals surface area contributed by atoms with Gasteiger partial charge in [-0.2, -0.15) is 0 Å². The first-order valence-electron chi connectivity index (χ1n) is 5.15. The number of hydrogen-bond acceptors (Lipinski definition) is 4. The van der Waals surface area contributed by atoms with Crippen LogP contribution in [0, 0.1) is 5.82 Å². The molecule has 1 aromatic heterocycles. The standard InChI is InChI=1S/C12H9BrFN3O2/c13-7-4-8(11(15)17-5-7)6-1-2-10(9(14)3-6)19-12(16)18/h1-5H,(H2,15,17)(H2,16,18). The van der Waals surface area contributed by atoms with Gasteiger partial charge < -0.3 is 16.2 Å². The molecule has 5 nitrogen and oxygen atoms in total. The molecular weight excluding hydrogens is 317 g/mol. The van der Waals surface area contributed by atoms with Gasteiger partial charge in [-0.1, -0.05) is 6.07 Å². The maximum absolute atomic E-state index is 13.7. The van der Waals surface area contributed by atoms with E-state index in [2.05, 4.69) is 25.7 Å². The first-order valence-corrected chi connectivity index (χ1v) is 5.95. The number of benzene rings is 1. The second-order valence-corrected chi connectivity index (χ2v) is 4.57. The van der Waals surface area contributed by atoms with E-state index in [1.54, 1.807) is 18.3 Å². The molecule has 2 rings (SSSR count). The number of anilines is 1. The second-order valence-electron chi connectivity index (χ2n) is 3.65. The molecule has 0 bridgehead atoms. The van der Waals surface area contributed by atoms with Crippen LogP contribution >= 0.6 is 15.9 Å². The Labute approximate surface area is 116 Å². The third-order valence-corrected chi connectivity index (χ3v) is 2.77. The van der Waals surface area contributed by atoms with Crippen LogP contribution in [0.4, 0.5) is 15.0 Å². The van der Waals surface area contributed by atoms with Crippen LogP contribution in [0.5, 0.6) is 5.75 Å². The first-order chi connectivity index (χ1) is 8.97. The Morgan fingerprint density at radius 2 is 2.11 bits per heavy atom. The molecule has 0 aliphatic carbocycles. The molecule has 2 aromatic rings. The van der Waals surface area contributed by atoms with Gasteiger partial charge in [0.15, 0.2) is 11.6 Å². The average Bonchev–Trinajstić information content (AvgIpc) is 2.34. The zero-order valence-electron chi connectivity index (χ0n) is 9.56. The zero-order chi connectivity index (χ0) is 14.0. The van der Waals surface area contributed by atoms with Crippen LogP contribution < -0.4 is 16.2 Å². The first kappa shape index (κ1) is 13.3. The number of pyridine rings is 1. The van der Waals surface area contributed by atoms with E-state index >= 15 is 0 Å². The quantitative estimate of drug-likeness (QED) is 0.888. The summed E-state index contributed by atoms with van der Waals surface area (Å²) in [4.78, 5) is 14.5. The summed E-state index contributed by atoms with van der Waals surface area (Å²) < 4.78 is 18.9. The maximum atomic E-state index is 13.7. The number of nitrogen functional groups attached to an aromatic ring is 1. The Bertz CT molecular complexity index is 649. The van der Waals surface area contributed by atoms with Crippen molar-refractivity contribution in [2.24, 2.45) is 5.73 Å². The van der Waals surface area contributed by atoms with Crippen molar-refractivity contribution in [3.05, 3.63) is 40.8 Å². The summed E-state index contributed by atoms with van der Waals surface area (Å²) >= 11 is 3.26. The zero-order valence-corrected chi connectivity index (χ0v) is 11.1. The maximum Gasteiger partial charge on any atom is 0.410 e. The molecule has 0 aliphatic heterocycles. The lowest BCUT2D eigenvalue weighted by molar-refractivity contribution is 0.208. The Hall–Kier alpha value is -2.15. The highest BCUT2D eigenvalue weighted by Crippen LogP contribution is 2.30. The van der Waals surface area contributed by atoms with E-state index < -0.39 is 11.9 Å². The van der Waals surface area contributed by atoms with Crippen molar-refractivity contribution in [3.63, 3.8) is 0 Å². The van der Waals surface area contributed by atoms with E-state index in [-0.39, 0.29) is 11.6 Å². The van der Waals surface area contributed by atoms with Crippen LogP contribution in [0.15, 0.2) is 34.9 Å². The van der Waals surface area contributed by atoms with Crippen LogP contribution in [-0.2, 0) is 0 Å². The number of nitrogens with zero attached hydrogens (tertiary/aromatic N) is 1. The lowest BCUT2D eigenvalue weighted by Crippen LogP contribution is -2.16. The Balaban J connectivity index is 2.44. The van der Waals surface area contributed by atoms with Crippen LogP contribution in [0.3, 0.4) is 0 Å². The largest absolute Gasteiger partial charge is 0.410 e. The molecular formula is C12H9BrFN3O2. The van der Waals surface area contributed by atoms with Gasteiger partial charge in [0, 0.05) is 16.2 Å². The van der Waals surface area contributed by atoms with Gasteiger partial charge >= 0.3 is 6.09 Å². The van der Waals surface area contributed by atoms with Crippen molar-refractivity contribution in [3.8, 4) is 16.9 Å². The molecule has 1 amide bonds. The summed E-state index contributed by atoms with van der Waals surface area (Å²) in [5.74, 6) is -0.681. The predicted molar refractivity (Wildman–Crippen MR) is 72.0 cm³/mol. The summed E-state index contributed by atoms with van der Waals surface area (Å²) in [6, 6.07) is 5.76. The molecule has 0 radical (unpaired) electrons. The van der Waals surface area contributed by atoms with Gasteiger partial charge in [0.2, 0.25) is 0 Å². The normalized spacial score (nSPS) is 10.2. The molecule has 1 aromatic carbocycles. The number of rotatable bonds is 2. The van der Waals surface area contributed by atoms with E-state index in [9.17, 15) is 9.18 Å². The number of hydrogen-bond donors (Lipinski definition) is 2. The predicted octanol–water partition coefficient (Wildman–Crippen LogP) is 2.69. The summed E-state index contributed by atoms with van der Waals surface area (Å²) in [5.41, 5.74) is 11.6. The molecule has 0 aliphatic rings. The summed E-state index contributed by atoms with van der Waals surface area (Å²) in [6.45, 7) is 0. The summed E-state index contributed by atoms with van der Waals surface area (Å²) in [5, 5.41) is 0. The van der Waals surface area contributed by atoms with E-state index in [0.717, 1.165) is 4.47 Å². The topological polar surface area (TPSA) is 91.2 Å². The molecule has 19 heavy (non-hydrogen) atoms. The van der Waals surface area contributed by atoms with Crippen molar-refractivity contribution in [2.45, 2.75) is 0 Å². The molecule has 98 valence electrons. The minimum absolute atomic E-state index is 0.238. The van der Waals surface area contributed by atoms with Gasteiger partial charge in [0.05, 0.1) is 0 Å². The molecule has 1 heterocycles. The lowest BCUT2D eigenvalue weighted by Gasteiger charge is -2.08. The van der Waals surface area contributed by atoms with Crippen molar-refractivity contribution < 1.29 is 13.9 Å². The van der Waals surface area contributed by atoms with Crippen LogP contribution in [0.1, 0.15) is 0 Å². The number of aromatic nitrogens is 1. The fourth-order valence-corrected chi connectivity index (χ4v) is 1.87. The fraction of sp³-hybridized carbons (Fsp3) is 0. The van der Waals surface area contributed by atoms with E-state index in [0.29, 0.717) is 11.1 Å². The average molecular weight is 326 g/mol. The van der Waals surface area contributed by atoms with Gasteiger partial charge in [0.25, 0.3) is 0 Å². The Morgan fingerprint density at radius 1 is 1.37 bits per heavy atom. The minimum Gasteiger partial charge on any atom is -0.407 e. The number of halogens is 2. The third-order valence-electron chi connectivity index (χ3n) is 2.34. The highest BCUT2D eigenvalue weighted by Gasteiger charge is 2.11. The highest BCUT2D eigenvalue weighted by molar-refractivity contribution is 9.10. The van der Waals surface area contributed by atoms with Crippen molar-refractivity contribution >= 4 is 27.8 Å². The minimum atomic E-state index is -1.07. The monoisotopic (exact) mass is 325 g/mol. The van der Waals surface area contributed by atoms with Gasteiger partial charge in [-0.3, -0.25) is 0 Å². The smallest absolute Gasteiger partial charge is 0.407 e. The fourth-order valence-electron chi connectivity index (χ4n) is 1.54. The Kier molecular flexibility index (Phi) is 3.66. The van der Waals surface area contributed by atoms with Crippen molar-refractivity contribution in [2.75, 3.05) is 5.73 Å². The van der Waals surface area contributed by atoms with Crippen LogP contribution in [0.25, 0.3) is 11.1 Å². The molecule has 7 heteroatoms. The molecule has 0 unspecified atom stereocenters. The SMILES string of the molecule is NC(=O)Oc1ccc(-c2cc(Br)cnc2N)cc1F. The van der Waals surface area contributed by atoms with Gasteiger partial charge in [-0.15, -0.1) is 0 Å². The number of carbonyl (C=O) groups is 1. The van der Waals surface area contributed by atoms with Crippen LogP contribution in [-0.4, -0.2) is 11.1 Å². The third kappa shape index (κ3) is 3.00. The number of amides is 1. The van der Waals surface area contributed by atoms with Crippen molar-refractivity contribution in [1.82, 2.24) is 4.98 Å². The van der Waals surface area contributed by atoms with Gasteiger partial charge in [-0.05, 0) is 39.7 Å². The van der Waals surface area contributed by atoms with Gasteiger partial charge in [-0.25, -0.2) is 14.2 Å². The molecule has 0 spiro atoms. The number of ether oxygens (including phenoxy) is 1. The molecule has 0 fully saturated rings. The second kappa shape index (κ2) is 5.23. The molecule has 0 saturated heterocycles. The van der Waals surface area contributed by atoms with E-state index in [1.165, 1.54) is 12.1 Å². The van der Waals surface area contributed by atoms with Crippen LogP contribution in [0.2, 0.25) is 0 Å². The Morgan fingerprint density at radius 3 is 2.74 bits per heavy atom. The van der Waals surface area contributed by atoms with Gasteiger partial charge in [0.1, 0.15) is 5.82 Å². The summed E-state index contributed by atoms with van der Waals surface area (Å²) in [6.07, 6.45) is 0.468. The molecule has 0 atom stereocenters. The number of primary amides is 1. The molecule has 0 saturated carbocycles. The molecule has 4 N–H and O–H groups in total. The van der Waals surface area contributed by atoms with Crippen molar-refractivity contribution in [1.29, 1.82) is 0 Å². The number of nitrogens with two attached hydrogens (primary N) is 2. The van der Waals surface area contributed by atoms with E-state index in [1.807, 2.05) is 0 Å². The van der Waals surface area contributed by atoms with E-state index in [4.69, 9.17) is 11.5 Å². The number of carbonyl (C=O) groups excluding carboxylic acids is 1.